The third-order valence-electron chi connectivity index (χ3n) is 20.1. The molecule has 0 fully saturated rings. The van der Waals surface area contributed by atoms with Crippen molar-refractivity contribution in [1.82, 2.24) is 9.13 Å². The Morgan fingerprint density at radius 2 is 0.540 bits per heavy atom. The summed E-state index contributed by atoms with van der Waals surface area (Å²) in [6.07, 6.45) is 8.99. The molecule has 0 unspecified atom stereocenters. The molecular weight excluding hydrogens is 1050 g/mol. The van der Waals surface area contributed by atoms with E-state index < -0.39 is 0 Å². The minimum Gasteiger partial charge on any atom is -0.309 e. The number of aromatic nitrogens is 2. The van der Waals surface area contributed by atoms with Gasteiger partial charge in [0.2, 0.25) is 0 Å². The van der Waals surface area contributed by atoms with E-state index in [1.807, 2.05) is 0 Å². The number of benzene rings is 12. The summed E-state index contributed by atoms with van der Waals surface area (Å²) in [6, 6.07) is 95.6. The number of fused-ring (bicyclic) bond motifs is 15. The molecule has 2 heterocycles. The lowest BCUT2D eigenvalue weighted by atomic mass is 9.81. The third-order valence-corrected chi connectivity index (χ3v) is 20.1. The normalized spacial score (nSPS) is 14.7. The number of hydrogen-bond donors (Lipinski definition) is 0. The molecule has 0 amide bonds. The maximum absolute atomic E-state index is 2.45. The molecule has 0 N–H and O–H groups in total. The topological polar surface area (TPSA) is 9.86 Å². The average Bonchev–Trinajstić information content (AvgIpc) is 1.67. The van der Waals surface area contributed by atoms with Crippen LogP contribution >= 0.6 is 0 Å². The van der Waals surface area contributed by atoms with E-state index >= 15 is 0 Å². The van der Waals surface area contributed by atoms with Crippen LogP contribution in [0.2, 0.25) is 0 Å². The van der Waals surface area contributed by atoms with Crippen molar-refractivity contribution in [3.8, 4) is 67.0 Å². The monoisotopic (exact) mass is 1110 g/mol. The maximum atomic E-state index is 2.45. The fraction of sp³-hybridized carbons (Fsp3) is 0.106. The lowest BCUT2D eigenvalue weighted by Gasteiger charge is -2.22. The van der Waals surface area contributed by atoms with Gasteiger partial charge in [0.25, 0.3) is 0 Å². The number of nitrogens with zero attached hydrogens (tertiary/aromatic N) is 2. The van der Waals surface area contributed by atoms with Gasteiger partial charge in [0.1, 0.15) is 0 Å². The smallest absolute Gasteiger partial charge is 0.0541 e. The van der Waals surface area contributed by atoms with Crippen LogP contribution in [-0.4, -0.2) is 9.13 Å². The second-order valence-electron chi connectivity index (χ2n) is 26.1. The van der Waals surface area contributed by atoms with Crippen LogP contribution in [0.3, 0.4) is 0 Å². The molecule has 12 aromatic carbocycles. The van der Waals surface area contributed by atoms with E-state index in [1.54, 1.807) is 0 Å². The quantitative estimate of drug-likeness (QED) is 0.134. The highest BCUT2D eigenvalue weighted by atomic mass is 15.0. The Bertz CT molecular complexity index is 4950. The van der Waals surface area contributed by atoms with Crippen molar-refractivity contribution in [3.05, 3.63) is 310 Å². The lowest BCUT2D eigenvalue weighted by molar-refractivity contribution is 0.660. The van der Waals surface area contributed by atoms with Gasteiger partial charge < -0.3 is 9.13 Å². The first-order valence-electron chi connectivity index (χ1n) is 30.8. The Balaban J connectivity index is 0.593. The van der Waals surface area contributed by atoms with E-state index in [0.717, 1.165) is 0 Å². The molecule has 0 radical (unpaired) electrons. The Morgan fingerprint density at radius 1 is 0.230 bits per heavy atom. The van der Waals surface area contributed by atoms with Crippen molar-refractivity contribution in [2.75, 3.05) is 0 Å². The van der Waals surface area contributed by atoms with Gasteiger partial charge in [0.15, 0.2) is 0 Å². The van der Waals surface area contributed by atoms with E-state index in [-0.39, 0.29) is 16.2 Å². The Kier molecular flexibility index (Phi) is 11.1. The first-order valence-corrected chi connectivity index (χ1v) is 30.8. The van der Waals surface area contributed by atoms with Crippen LogP contribution in [0.25, 0.3) is 135 Å². The van der Waals surface area contributed by atoms with Crippen molar-refractivity contribution in [2.24, 2.45) is 0 Å². The van der Waals surface area contributed by atoms with Crippen LogP contribution in [-0.2, 0) is 16.2 Å². The summed E-state index contributed by atoms with van der Waals surface area (Å²) < 4.78 is 4.89. The number of hydrogen-bond acceptors (Lipinski definition) is 0. The molecule has 2 aromatic heterocycles. The summed E-state index contributed by atoms with van der Waals surface area (Å²) in [5.41, 5.74) is 33.0. The molecule has 17 rings (SSSR count). The minimum atomic E-state index is -0.155. The maximum Gasteiger partial charge on any atom is 0.0541 e. The van der Waals surface area contributed by atoms with E-state index in [0.29, 0.717) is 0 Å². The second-order valence-corrected chi connectivity index (χ2v) is 26.1. The van der Waals surface area contributed by atoms with Gasteiger partial charge in [-0.05, 0) is 184 Å². The molecule has 0 bridgehead atoms. The van der Waals surface area contributed by atoms with Gasteiger partial charge in [-0.15, -0.1) is 0 Å². The second kappa shape index (κ2) is 18.9. The van der Waals surface area contributed by atoms with Crippen LogP contribution in [0.5, 0.6) is 0 Å². The molecule has 0 saturated carbocycles. The lowest BCUT2D eigenvalue weighted by Crippen LogP contribution is -2.15. The van der Waals surface area contributed by atoms with Crippen LogP contribution in [0.15, 0.2) is 255 Å². The predicted molar refractivity (Wildman–Crippen MR) is 369 cm³/mol. The van der Waals surface area contributed by atoms with Crippen molar-refractivity contribution < 1.29 is 0 Å². The summed E-state index contributed by atoms with van der Waals surface area (Å²) >= 11 is 0. The van der Waals surface area contributed by atoms with E-state index in [4.69, 9.17) is 0 Å². The molecule has 87 heavy (non-hydrogen) atoms. The fourth-order valence-corrected chi connectivity index (χ4v) is 15.5. The van der Waals surface area contributed by atoms with E-state index in [9.17, 15) is 0 Å². The Morgan fingerprint density at radius 3 is 0.977 bits per heavy atom. The molecule has 3 aliphatic rings. The molecule has 2 heteroatoms. The zero-order valence-corrected chi connectivity index (χ0v) is 50.0. The average molecular weight is 1110 g/mol. The van der Waals surface area contributed by atoms with Crippen LogP contribution in [0.1, 0.15) is 97.2 Å². The van der Waals surface area contributed by atoms with Crippen molar-refractivity contribution in [1.29, 1.82) is 0 Å². The summed E-state index contributed by atoms with van der Waals surface area (Å²) in [7, 11) is 0. The molecule has 0 spiro atoms. The van der Waals surface area contributed by atoms with Crippen molar-refractivity contribution in [2.45, 2.75) is 57.8 Å². The number of para-hydroxylation sites is 2. The third kappa shape index (κ3) is 7.80. The van der Waals surface area contributed by atoms with Crippen LogP contribution < -0.4 is 0 Å². The van der Waals surface area contributed by atoms with Crippen LogP contribution in [0.4, 0.5) is 0 Å². The number of rotatable bonds is 8. The van der Waals surface area contributed by atoms with Gasteiger partial charge in [0.05, 0.1) is 22.1 Å². The fourth-order valence-electron chi connectivity index (χ4n) is 15.5. The molecule has 14 aromatic rings. The van der Waals surface area contributed by atoms with Crippen molar-refractivity contribution in [3.63, 3.8) is 0 Å². The molecule has 0 aliphatic heterocycles. The highest BCUT2D eigenvalue weighted by Gasteiger charge is 2.38. The zero-order chi connectivity index (χ0) is 58.5. The van der Waals surface area contributed by atoms with Gasteiger partial charge in [-0.2, -0.15) is 0 Å². The van der Waals surface area contributed by atoms with Crippen molar-refractivity contribution >= 4 is 67.9 Å². The van der Waals surface area contributed by atoms with Gasteiger partial charge in [0, 0.05) is 49.2 Å². The molecule has 0 saturated heterocycles. The van der Waals surface area contributed by atoms with Gasteiger partial charge in [-0.3, -0.25) is 0 Å². The largest absolute Gasteiger partial charge is 0.309 e. The SMILES string of the molecule is CC1(C)c2cc(-c3ccc(C=Cc4ccc5c(c4)c4ccccc4n5-c4ccc5c(c4)C(C)(C)c4ccccc4-5)cc3)ccc2-c2ccc(-c3ccc(C=Cc4ccc5c(c4)c4ccccc4n5-c4ccc5c(c4)C(C)(C)c4ccccc4-5)cc3)cc21. The van der Waals surface area contributed by atoms with Gasteiger partial charge >= 0.3 is 0 Å². The molecule has 414 valence electrons. The summed E-state index contributed by atoms with van der Waals surface area (Å²) in [5, 5.41) is 5.05. The predicted octanol–water partition coefficient (Wildman–Crippen LogP) is 22.5. The first kappa shape index (κ1) is 51.2. The molecular formula is C85H64N2. The van der Waals surface area contributed by atoms with E-state index in [2.05, 4.69) is 330 Å². The Labute approximate surface area is 509 Å². The molecule has 0 atom stereocenters. The summed E-state index contributed by atoms with van der Waals surface area (Å²) in [5.74, 6) is 0. The van der Waals surface area contributed by atoms with Gasteiger partial charge in [-0.25, -0.2) is 0 Å². The highest BCUT2D eigenvalue weighted by molar-refractivity contribution is 6.11. The Hall–Kier alpha value is -10.3. The summed E-state index contributed by atoms with van der Waals surface area (Å²) in [4.78, 5) is 0. The highest BCUT2D eigenvalue weighted by Crippen LogP contribution is 2.53. The minimum absolute atomic E-state index is 0.0621. The summed E-state index contributed by atoms with van der Waals surface area (Å²) in [6.45, 7) is 14.2. The van der Waals surface area contributed by atoms with Gasteiger partial charge in [-0.1, -0.05) is 248 Å². The first-order chi connectivity index (χ1) is 42.4. The van der Waals surface area contributed by atoms with Crippen LogP contribution in [0, 0.1) is 0 Å². The van der Waals surface area contributed by atoms with E-state index in [1.165, 1.54) is 166 Å². The standard InChI is InChI=1S/C85H64N2/c1-83(2)73-19-11-7-15-63(73)67-43-39-61(51-77(67)83)86-79-21-13-9-17-69(79)71-47-55(31-45-81(71)86)25-23-53-27-33-57(34-28-53)59-37-41-65-66-42-38-60(50-76(66)85(5,6)75(65)49-59)58-35-29-54(30-36-58)24-26-56-32-46-82-72(48-56)70-18-10-14-22-80(70)87(82)62-40-44-68-64-16-8-12-20-74(64)84(3,4)78(68)52-62/h7-52H,1-6H3. The zero-order valence-electron chi connectivity index (χ0n) is 50.0. The molecule has 3 aliphatic carbocycles. The molecule has 2 nitrogen and oxygen atoms in total.